The van der Waals surface area contributed by atoms with Crippen LogP contribution in [-0.4, -0.2) is 72.5 Å². The van der Waals surface area contributed by atoms with Gasteiger partial charge in [0.05, 0.1) is 13.2 Å². The van der Waals surface area contributed by atoms with Crippen molar-refractivity contribution >= 4 is 11.8 Å². The number of ether oxygens (including phenoxy) is 2. The lowest BCUT2D eigenvalue weighted by Crippen LogP contribution is -2.42. The first-order valence-electron chi connectivity index (χ1n) is 12.3. The first-order valence-corrected chi connectivity index (χ1v) is 12.3. The van der Waals surface area contributed by atoms with Gasteiger partial charge in [0.25, 0.3) is 5.91 Å². The molecule has 2 aliphatic rings. The average molecular weight is 467 g/mol. The van der Waals surface area contributed by atoms with Crippen molar-refractivity contribution in [2.45, 2.75) is 38.5 Å². The van der Waals surface area contributed by atoms with Crippen molar-refractivity contribution in [3.05, 3.63) is 48.2 Å². The molecule has 1 fully saturated rings. The van der Waals surface area contributed by atoms with E-state index < -0.39 is 0 Å². The van der Waals surface area contributed by atoms with E-state index in [1.807, 2.05) is 18.2 Å². The van der Waals surface area contributed by atoms with Crippen LogP contribution in [0.2, 0.25) is 0 Å². The van der Waals surface area contributed by atoms with Crippen LogP contribution in [0.1, 0.15) is 48.9 Å². The summed E-state index contributed by atoms with van der Waals surface area (Å²) in [4.78, 5) is 34.5. The number of nitrogens with zero attached hydrogens (tertiary/aromatic N) is 3. The molecule has 2 aliphatic heterocycles. The van der Waals surface area contributed by atoms with E-state index in [2.05, 4.69) is 15.2 Å². The van der Waals surface area contributed by atoms with Crippen LogP contribution in [0.5, 0.6) is 17.4 Å². The van der Waals surface area contributed by atoms with Gasteiger partial charge in [-0.1, -0.05) is 12.1 Å². The van der Waals surface area contributed by atoms with E-state index in [9.17, 15) is 9.59 Å². The second-order valence-corrected chi connectivity index (χ2v) is 8.79. The summed E-state index contributed by atoms with van der Waals surface area (Å²) >= 11 is 0. The Morgan fingerprint density at radius 3 is 2.62 bits per heavy atom. The second-order valence-electron chi connectivity index (χ2n) is 8.79. The highest BCUT2D eigenvalue weighted by atomic mass is 16.5. The van der Waals surface area contributed by atoms with Gasteiger partial charge >= 0.3 is 0 Å². The van der Waals surface area contributed by atoms with Crippen LogP contribution >= 0.6 is 0 Å². The van der Waals surface area contributed by atoms with E-state index in [1.54, 1.807) is 29.3 Å². The molecule has 0 radical (unpaired) electrons. The molecule has 0 atom stereocenters. The minimum atomic E-state index is -0.257. The number of fused-ring (bicyclic) bond motifs is 2. The standard InChI is InChI=1S/C26H34N4O4/c31-24(27-14-9-17-29-15-5-6-16-29)20-30-18-4-1-7-19-33-22-11-2-3-12-23(22)34-25-21(26(30)32)10-8-13-28-25/h2-3,8,10-13H,1,4-7,9,14-20H2,(H,27,31). The zero-order chi connectivity index (χ0) is 23.6. The van der Waals surface area contributed by atoms with Crippen LogP contribution < -0.4 is 14.8 Å². The Bertz CT molecular complexity index is 961. The van der Waals surface area contributed by atoms with Gasteiger partial charge in [-0.15, -0.1) is 0 Å². The third-order valence-corrected chi connectivity index (χ3v) is 6.18. The normalized spacial score (nSPS) is 17.3. The predicted octanol–water partition coefficient (Wildman–Crippen LogP) is 3.48. The number of likely N-dealkylation sites (tertiary alicyclic amines) is 1. The summed E-state index contributed by atoms with van der Waals surface area (Å²) in [6, 6.07) is 10.8. The van der Waals surface area contributed by atoms with Crippen LogP contribution in [0.25, 0.3) is 0 Å². The third-order valence-electron chi connectivity index (χ3n) is 6.18. The zero-order valence-corrected chi connectivity index (χ0v) is 19.7. The van der Waals surface area contributed by atoms with E-state index in [1.165, 1.54) is 12.8 Å². The van der Waals surface area contributed by atoms with Crippen molar-refractivity contribution in [2.24, 2.45) is 0 Å². The molecule has 8 heteroatoms. The van der Waals surface area contributed by atoms with Crippen molar-refractivity contribution in [3.8, 4) is 17.4 Å². The van der Waals surface area contributed by atoms with Crippen LogP contribution in [-0.2, 0) is 4.79 Å². The molecule has 1 saturated heterocycles. The van der Waals surface area contributed by atoms with Crippen molar-refractivity contribution in [1.82, 2.24) is 20.1 Å². The summed E-state index contributed by atoms with van der Waals surface area (Å²) in [6.45, 7) is 4.99. The third kappa shape index (κ3) is 6.70. The van der Waals surface area contributed by atoms with Gasteiger partial charge in [-0.25, -0.2) is 4.98 Å². The molecule has 4 rings (SSSR count). The molecule has 2 amide bonds. The number of rotatable bonds is 6. The molecule has 0 saturated carbocycles. The largest absolute Gasteiger partial charge is 0.490 e. The topological polar surface area (TPSA) is 84.0 Å². The molecule has 3 heterocycles. The summed E-state index contributed by atoms with van der Waals surface area (Å²) in [5.74, 6) is 0.943. The Hall–Kier alpha value is -3.13. The fourth-order valence-corrected chi connectivity index (χ4v) is 4.35. The highest BCUT2D eigenvalue weighted by Gasteiger charge is 2.24. The Balaban J connectivity index is 1.43. The molecule has 0 aliphatic carbocycles. The van der Waals surface area contributed by atoms with Crippen LogP contribution in [0.4, 0.5) is 0 Å². The van der Waals surface area contributed by atoms with E-state index in [0.29, 0.717) is 36.8 Å². The number of benzene rings is 1. The number of hydrogen-bond acceptors (Lipinski definition) is 6. The lowest BCUT2D eigenvalue weighted by atomic mass is 10.2. The molecule has 1 aromatic heterocycles. The lowest BCUT2D eigenvalue weighted by Gasteiger charge is -2.23. The Kier molecular flexibility index (Phi) is 8.73. The van der Waals surface area contributed by atoms with Crippen molar-refractivity contribution in [1.29, 1.82) is 0 Å². The van der Waals surface area contributed by atoms with Crippen molar-refractivity contribution in [2.75, 3.05) is 45.9 Å². The molecule has 0 bridgehead atoms. The summed E-state index contributed by atoms with van der Waals surface area (Å²) < 4.78 is 11.9. The highest BCUT2D eigenvalue weighted by Crippen LogP contribution is 2.32. The number of aromatic nitrogens is 1. The quantitative estimate of drug-likeness (QED) is 0.657. The molecule has 8 nitrogen and oxygen atoms in total. The minimum absolute atomic E-state index is 0.0178. The van der Waals surface area contributed by atoms with Gasteiger partial charge in [0.15, 0.2) is 11.5 Å². The molecule has 2 aromatic rings. The summed E-state index contributed by atoms with van der Waals surface area (Å²) in [7, 11) is 0. The lowest BCUT2D eigenvalue weighted by molar-refractivity contribution is -0.121. The maximum absolute atomic E-state index is 13.5. The number of pyridine rings is 1. The molecular formula is C26H34N4O4. The fraction of sp³-hybridized carbons (Fsp3) is 0.500. The predicted molar refractivity (Wildman–Crippen MR) is 129 cm³/mol. The highest BCUT2D eigenvalue weighted by molar-refractivity contribution is 5.98. The summed E-state index contributed by atoms with van der Waals surface area (Å²) in [5.41, 5.74) is 0.332. The van der Waals surface area contributed by atoms with Gasteiger partial charge in [0.1, 0.15) is 5.56 Å². The Labute approximate surface area is 201 Å². The van der Waals surface area contributed by atoms with Gasteiger partial charge in [0.2, 0.25) is 11.8 Å². The molecular weight excluding hydrogens is 432 g/mol. The average Bonchev–Trinajstić information content (AvgIpc) is 3.37. The van der Waals surface area contributed by atoms with Crippen molar-refractivity contribution < 1.29 is 19.1 Å². The second kappa shape index (κ2) is 12.4. The fourth-order valence-electron chi connectivity index (χ4n) is 4.35. The summed E-state index contributed by atoms with van der Waals surface area (Å²) in [5, 5.41) is 2.98. The Morgan fingerprint density at radius 1 is 0.971 bits per heavy atom. The SMILES string of the molecule is O=C(CN1CCCCCOc2ccccc2Oc2ncccc2C1=O)NCCCN1CCCC1. The van der Waals surface area contributed by atoms with Gasteiger partial charge < -0.3 is 24.6 Å². The minimum Gasteiger partial charge on any atom is -0.490 e. The number of para-hydroxylation sites is 2. The molecule has 1 N–H and O–H groups in total. The zero-order valence-electron chi connectivity index (χ0n) is 19.7. The maximum atomic E-state index is 13.5. The first-order chi connectivity index (χ1) is 16.7. The van der Waals surface area contributed by atoms with Crippen LogP contribution in [0.3, 0.4) is 0 Å². The molecule has 0 spiro atoms. The van der Waals surface area contributed by atoms with Gasteiger partial charge in [0, 0.05) is 19.3 Å². The smallest absolute Gasteiger partial charge is 0.259 e. The van der Waals surface area contributed by atoms with E-state index in [4.69, 9.17) is 9.47 Å². The molecule has 34 heavy (non-hydrogen) atoms. The molecule has 182 valence electrons. The number of amides is 2. The maximum Gasteiger partial charge on any atom is 0.259 e. The molecule has 1 aromatic carbocycles. The first kappa shape index (κ1) is 24.0. The van der Waals surface area contributed by atoms with Crippen LogP contribution in [0, 0.1) is 0 Å². The molecule has 0 unspecified atom stereocenters. The summed E-state index contributed by atoms with van der Waals surface area (Å²) in [6.07, 6.45) is 7.57. The number of nitrogens with one attached hydrogen (secondary N) is 1. The monoisotopic (exact) mass is 466 g/mol. The van der Waals surface area contributed by atoms with E-state index >= 15 is 0 Å². The van der Waals surface area contributed by atoms with E-state index in [0.717, 1.165) is 45.3 Å². The Morgan fingerprint density at radius 2 is 1.76 bits per heavy atom. The van der Waals surface area contributed by atoms with Gasteiger partial charge in [-0.2, -0.15) is 0 Å². The number of carbonyl (C=O) groups is 2. The van der Waals surface area contributed by atoms with Crippen molar-refractivity contribution in [3.63, 3.8) is 0 Å². The van der Waals surface area contributed by atoms with Gasteiger partial charge in [-0.05, 0) is 82.4 Å². The van der Waals surface area contributed by atoms with Crippen LogP contribution in [0.15, 0.2) is 42.6 Å². The van der Waals surface area contributed by atoms with Gasteiger partial charge in [-0.3, -0.25) is 9.59 Å². The number of hydrogen-bond donors (Lipinski definition) is 1. The number of carbonyl (C=O) groups excluding carboxylic acids is 2. The van der Waals surface area contributed by atoms with E-state index in [-0.39, 0.29) is 24.2 Å².